The van der Waals surface area contributed by atoms with E-state index in [9.17, 15) is 22.4 Å². The topological polar surface area (TPSA) is 111 Å². The Kier molecular flexibility index (Phi) is 6.12. The SMILES string of the molecule is CCNc1cc(F)cc2c1Cc1ncc(-c3cncc(CC(=O)NN)c3)c(-n3ccc(C(F)(F)F)n3)c1-2. The lowest BCUT2D eigenvalue weighted by atomic mass is 9.98. The summed E-state index contributed by atoms with van der Waals surface area (Å²) < 4.78 is 56.1. The number of fused-ring (bicyclic) bond motifs is 3. The van der Waals surface area contributed by atoms with Crippen molar-refractivity contribution in [2.24, 2.45) is 5.84 Å². The van der Waals surface area contributed by atoms with Crippen LogP contribution in [0.2, 0.25) is 0 Å². The van der Waals surface area contributed by atoms with E-state index in [1.54, 1.807) is 6.07 Å². The third-order valence-electron chi connectivity index (χ3n) is 6.07. The number of nitrogens with two attached hydrogens (primary N) is 1. The summed E-state index contributed by atoms with van der Waals surface area (Å²) in [5.41, 5.74) is 5.69. The average molecular weight is 511 g/mol. The second-order valence-corrected chi connectivity index (χ2v) is 8.50. The van der Waals surface area contributed by atoms with Crippen LogP contribution in [0.5, 0.6) is 0 Å². The maximum Gasteiger partial charge on any atom is 0.435 e. The lowest BCUT2D eigenvalue weighted by molar-refractivity contribution is -0.141. The molecule has 0 spiro atoms. The van der Waals surface area contributed by atoms with Gasteiger partial charge in [0.2, 0.25) is 5.91 Å². The van der Waals surface area contributed by atoms with Gasteiger partial charge in [0.25, 0.3) is 0 Å². The number of hydrogen-bond donors (Lipinski definition) is 3. The van der Waals surface area contributed by atoms with E-state index in [1.165, 1.54) is 36.9 Å². The molecule has 5 rings (SSSR count). The lowest BCUT2D eigenvalue weighted by Gasteiger charge is -2.16. The van der Waals surface area contributed by atoms with E-state index >= 15 is 0 Å². The first-order valence-corrected chi connectivity index (χ1v) is 11.3. The number of rotatable bonds is 6. The molecule has 4 aromatic rings. The number of anilines is 1. The number of nitrogens with one attached hydrogen (secondary N) is 2. The molecule has 4 N–H and O–H groups in total. The van der Waals surface area contributed by atoms with Gasteiger partial charge in [-0.25, -0.2) is 14.9 Å². The molecule has 1 amide bonds. The second kappa shape index (κ2) is 9.28. The number of benzene rings is 1. The second-order valence-electron chi connectivity index (χ2n) is 8.50. The number of alkyl halides is 3. The van der Waals surface area contributed by atoms with Crippen LogP contribution < -0.4 is 16.6 Å². The van der Waals surface area contributed by atoms with E-state index in [1.807, 2.05) is 6.92 Å². The van der Waals surface area contributed by atoms with Crippen LogP contribution in [-0.4, -0.2) is 32.2 Å². The molecule has 3 aromatic heterocycles. The van der Waals surface area contributed by atoms with Crippen molar-refractivity contribution in [2.45, 2.75) is 25.9 Å². The van der Waals surface area contributed by atoms with Gasteiger partial charge in [-0.05, 0) is 47.9 Å². The van der Waals surface area contributed by atoms with Crippen LogP contribution in [0.25, 0.3) is 27.9 Å². The monoisotopic (exact) mass is 511 g/mol. The zero-order chi connectivity index (χ0) is 26.3. The zero-order valence-corrected chi connectivity index (χ0v) is 19.5. The molecular formula is C25H21F4N7O. The van der Waals surface area contributed by atoms with Crippen molar-refractivity contribution >= 4 is 11.6 Å². The molecule has 1 aliphatic rings. The van der Waals surface area contributed by atoms with Gasteiger partial charge in [0, 0.05) is 60.1 Å². The number of pyridine rings is 2. The van der Waals surface area contributed by atoms with E-state index in [-0.39, 0.29) is 6.42 Å². The molecule has 12 heteroatoms. The van der Waals surface area contributed by atoms with Crippen molar-refractivity contribution in [1.29, 1.82) is 0 Å². The number of halogens is 4. The van der Waals surface area contributed by atoms with E-state index in [0.29, 0.717) is 57.9 Å². The molecule has 0 fully saturated rings. The smallest absolute Gasteiger partial charge is 0.385 e. The standard InChI is InChI=1S/C25H21F4N7O/c1-2-32-19-8-15(26)7-17-16(19)9-20-23(17)24(36-4-3-21(35-36)25(27,28)29)18(12-33-20)14-5-13(10-31-11-14)6-22(37)34-30/h3-5,7-8,10-12,32H,2,6,9,30H2,1H3,(H,34,37). The van der Waals surface area contributed by atoms with Crippen molar-refractivity contribution < 1.29 is 22.4 Å². The molecule has 0 saturated carbocycles. The highest BCUT2D eigenvalue weighted by Crippen LogP contribution is 2.46. The first-order valence-electron chi connectivity index (χ1n) is 11.3. The number of amides is 1. The lowest BCUT2D eigenvalue weighted by Crippen LogP contribution is -2.31. The summed E-state index contributed by atoms with van der Waals surface area (Å²) in [6.45, 7) is 2.44. The zero-order valence-electron chi connectivity index (χ0n) is 19.5. The Labute approximate surface area is 208 Å². The molecule has 0 saturated heterocycles. The van der Waals surface area contributed by atoms with Gasteiger partial charge >= 0.3 is 6.18 Å². The Morgan fingerprint density at radius 2 is 1.97 bits per heavy atom. The van der Waals surface area contributed by atoms with Crippen LogP contribution in [0.3, 0.4) is 0 Å². The third kappa shape index (κ3) is 4.51. The summed E-state index contributed by atoms with van der Waals surface area (Å²) in [5, 5.41) is 6.95. The summed E-state index contributed by atoms with van der Waals surface area (Å²) in [6.07, 6.45) is 1.40. The Morgan fingerprint density at radius 3 is 2.68 bits per heavy atom. The highest BCUT2D eigenvalue weighted by atomic mass is 19.4. The molecule has 1 aliphatic carbocycles. The molecule has 8 nitrogen and oxygen atoms in total. The van der Waals surface area contributed by atoms with Crippen LogP contribution in [0, 0.1) is 5.82 Å². The maximum atomic E-state index is 14.7. The molecule has 1 aromatic carbocycles. The summed E-state index contributed by atoms with van der Waals surface area (Å²) in [7, 11) is 0. The van der Waals surface area contributed by atoms with Crippen molar-refractivity contribution in [2.75, 3.05) is 11.9 Å². The quantitative estimate of drug-likeness (QED) is 0.137. The predicted octanol–water partition coefficient (Wildman–Crippen LogP) is 4.02. The fraction of sp³-hybridized carbons (Fsp3) is 0.200. The van der Waals surface area contributed by atoms with Crippen molar-refractivity contribution in [3.63, 3.8) is 0 Å². The van der Waals surface area contributed by atoms with Gasteiger partial charge in [-0.3, -0.25) is 20.2 Å². The molecule has 0 radical (unpaired) electrons. The van der Waals surface area contributed by atoms with E-state index < -0.39 is 23.6 Å². The molecular weight excluding hydrogens is 490 g/mol. The summed E-state index contributed by atoms with van der Waals surface area (Å²) in [4.78, 5) is 20.6. The third-order valence-corrected chi connectivity index (χ3v) is 6.07. The summed E-state index contributed by atoms with van der Waals surface area (Å²) in [6, 6.07) is 5.29. The number of aromatic nitrogens is 4. The molecule has 0 bridgehead atoms. The van der Waals surface area contributed by atoms with Gasteiger partial charge in [-0.1, -0.05) is 0 Å². The first kappa shape index (κ1) is 24.4. The minimum absolute atomic E-state index is 0.0505. The average Bonchev–Trinajstić information content (AvgIpc) is 3.49. The van der Waals surface area contributed by atoms with Crippen molar-refractivity contribution in [1.82, 2.24) is 25.2 Å². The molecule has 0 atom stereocenters. The van der Waals surface area contributed by atoms with Crippen LogP contribution in [0.4, 0.5) is 23.2 Å². The fourth-order valence-electron chi connectivity index (χ4n) is 4.54. The minimum Gasteiger partial charge on any atom is -0.385 e. The Bertz CT molecular complexity index is 1510. The van der Waals surface area contributed by atoms with Crippen molar-refractivity contribution in [3.8, 4) is 27.9 Å². The van der Waals surface area contributed by atoms with Crippen LogP contribution in [0.15, 0.2) is 49.1 Å². The van der Waals surface area contributed by atoms with Gasteiger partial charge in [0.05, 0.1) is 17.8 Å². The number of carbonyl (C=O) groups excluding carboxylic acids is 1. The Morgan fingerprint density at radius 1 is 1.16 bits per heavy atom. The largest absolute Gasteiger partial charge is 0.435 e. The van der Waals surface area contributed by atoms with Crippen LogP contribution in [-0.2, 0) is 23.8 Å². The van der Waals surface area contributed by atoms with Gasteiger partial charge in [0.1, 0.15) is 5.82 Å². The van der Waals surface area contributed by atoms with Crippen LogP contribution >= 0.6 is 0 Å². The van der Waals surface area contributed by atoms with Crippen LogP contribution in [0.1, 0.15) is 29.4 Å². The molecule has 3 heterocycles. The number of hydrogen-bond acceptors (Lipinski definition) is 6. The molecule has 37 heavy (non-hydrogen) atoms. The predicted molar refractivity (Wildman–Crippen MR) is 128 cm³/mol. The summed E-state index contributed by atoms with van der Waals surface area (Å²) >= 11 is 0. The van der Waals surface area contributed by atoms with E-state index in [2.05, 4.69) is 25.8 Å². The number of carbonyl (C=O) groups is 1. The number of nitrogens with zero attached hydrogens (tertiary/aromatic N) is 4. The number of hydrazine groups is 1. The Balaban J connectivity index is 1.76. The molecule has 0 aliphatic heterocycles. The Hall–Kier alpha value is -4.32. The van der Waals surface area contributed by atoms with Gasteiger partial charge < -0.3 is 5.32 Å². The minimum atomic E-state index is -4.65. The molecule has 190 valence electrons. The van der Waals surface area contributed by atoms with E-state index in [0.717, 1.165) is 16.3 Å². The van der Waals surface area contributed by atoms with Crippen molar-refractivity contribution in [3.05, 3.63) is 77.4 Å². The van der Waals surface area contributed by atoms with Gasteiger partial charge in [-0.2, -0.15) is 18.3 Å². The van der Waals surface area contributed by atoms with E-state index in [4.69, 9.17) is 5.84 Å². The molecule has 0 unspecified atom stereocenters. The van der Waals surface area contributed by atoms with Gasteiger partial charge in [0.15, 0.2) is 5.69 Å². The summed E-state index contributed by atoms with van der Waals surface area (Å²) in [5.74, 6) is 4.26. The fourth-order valence-corrected chi connectivity index (χ4v) is 4.54. The highest BCUT2D eigenvalue weighted by Gasteiger charge is 2.35. The maximum absolute atomic E-state index is 14.7. The first-order chi connectivity index (χ1) is 17.7. The van der Waals surface area contributed by atoms with Gasteiger partial charge in [-0.15, -0.1) is 0 Å². The normalized spacial score (nSPS) is 12.3. The highest BCUT2D eigenvalue weighted by molar-refractivity contribution is 5.92.